The molecule has 166 valence electrons. The van der Waals surface area contributed by atoms with Crippen molar-refractivity contribution in [1.29, 1.82) is 0 Å². The molecule has 5 nitrogen and oxygen atoms in total. The van der Waals surface area contributed by atoms with Gasteiger partial charge in [-0.2, -0.15) is 0 Å². The van der Waals surface area contributed by atoms with Gasteiger partial charge in [0.15, 0.2) is 0 Å². The highest BCUT2D eigenvalue weighted by molar-refractivity contribution is 7.98. The molecule has 0 aliphatic heterocycles. The largest absolute Gasteiger partial charge is 0.493 e. The summed E-state index contributed by atoms with van der Waals surface area (Å²) in [6, 6.07) is 14.2. The van der Waals surface area contributed by atoms with Gasteiger partial charge in [-0.15, -0.1) is 11.8 Å². The average molecular weight is 450 g/mol. The van der Waals surface area contributed by atoms with Crippen LogP contribution in [0.5, 0.6) is 5.75 Å². The summed E-state index contributed by atoms with van der Waals surface area (Å²) >= 11 is 1.71. The SMILES string of the molecule is CSc1ccc(-c2nc(CCOc3cccc4c3CCC/C4=C/CC(=O)O)c(C)o2)cc1. The zero-order valence-electron chi connectivity index (χ0n) is 18.4. The molecule has 0 radical (unpaired) electrons. The third kappa shape index (κ3) is 5.07. The molecule has 0 unspecified atom stereocenters. The highest BCUT2D eigenvalue weighted by atomic mass is 32.2. The maximum Gasteiger partial charge on any atom is 0.307 e. The van der Waals surface area contributed by atoms with Gasteiger partial charge in [0.25, 0.3) is 0 Å². The van der Waals surface area contributed by atoms with Crippen molar-refractivity contribution in [2.24, 2.45) is 0 Å². The first kappa shape index (κ1) is 22.2. The minimum atomic E-state index is -0.806. The molecule has 1 aromatic heterocycles. The number of ether oxygens (including phenoxy) is 1. The summed E-state index contributed by atoms with van der Waals surface area (Å²) in [6.07, 6.45) is 7.43. The molecule has 0 saturated heterocycles. The Labute approximate surface area is 192 Å². The van der Waals surface area contributed by atoms with E-state index in [9.17, 15) is 4.79 Å². The lowest BCUT2D eigenvalue weighted by Crippen LogP contribution is -2.09. The maximum absolute atomic E-state index is 11.0. The third-order valence-corrected chi connectivity index (χ3v) is 6.44. The number of aromatic nitrogens is 1. The zero-order chi connectivity index (χ0) is 22.5. The number of aryl methyl sites for hydroxylation is 1. The van der Waals surface area contributed by atoms with E-state index in [4.69, 9.17) is 14.3 Å². The van der Waals surface area contributed by atoms with Crippen molar-refractivity contribution in [3.63, 3.8) is 0 Å². The first-order valence-corrected chi connectivity index (χ1v) is 12.0. The maximum atomic E-state index is 11.0. The Bertz CT molecular complexity index is 1130. The van der Waals surface area contributed by atoms with Gasteiger partial charge < -0.3 is 14.3 Å². The van der Waals surface area contributed by atoms with Gasteiger partial charge >= 0.3 is 5.97 Å². The summed E-state index contributed by atoms with van der Waals surface area (Å²) in [5.41, 5.74) is 5.26. The number of carboxylic acids is 1. The quantitative estimate of drug-likeness (QED) is 0.414. The van der Waals surface area contributed by atoms with Gasteiger partial charge in [0.1, 0.15) is 11.5 Å². The molecule has 2 aromatic carbocycles. The fourth-order valence-electron chi connectivity index (χ4n) is 4.05. The summed E-state index contributed by atoms with van der Waals surface area (Å²) in [4.78, 5) is 16.9. The molecule has 1 aliphatic rings. The van der Waals surface area contributed by atoms with Crippen LogP contribution in [0.25, 0.3) is 17.0 Å². The van der Waals surface area contributed by atoms with Crippen molar-refractivity contribution in [1.82, 2.24) is 4.98 Å². The highest BCUT2D eigenvalue weighted by Gasteiger charge is 2.18. The number of allylic oxidation sites excluding steroid dienone is 1. The first-order chi connectivity index (χ1) is 15.5. The number of rotatable bonds is 8. The van der Waals surface area contributed by atoms with Crippen LogP contribution in [-0.2, 0) is 17.6 Å². The van der Waals surface area contributed by atoms with Gasteiger partial charge in [-0.05, 0) is 73.9 Å². The van der Waals surface area contributed by atoms with Crippen molar-refractivity contribution in [2.45, 2.75) is 43.9 Å². The molecule has 0 saturated carbocycles. The molecule has 0 atom stereocenters. The molecule has 6 heteroatoms. The van der Waals surface area contributed by atoms with E-state index in [0.29, 0.717) is 18.9 Å². The normalized spacial score (nSPS) is 14.4. The van der Waals surface area contributed by atoms with Gasteiger partial charge in [0.05, 0.1) is 18.7 Å². The molecule has 0 bridgehead atoms. The number of hydrogen-bond acceptors (Lipinski definition) is 5. The van der Waals surface area contributed by atoms with Gasteiger partial charge in [0.2, 0.25) is 5.89 Å². The molecule has 1 aliphatic carbocycles. The average Bonchev–Trinajstić information content (AvgIpc) is 3.18. The summed E-state index contributed by atoms with van der Waals surface area (Å²) in [5.74, 6) is 1.51. The minimum Gasteiger partial charge on any atom is -0.493 e. The third-order valence-electron chi connectivity index (χ3n) is 5.70. The van der Waals surface area contributed by atoms with Crippen molar-refractivity contribution < 1.29 is 19.1 Å². The Morgan fingerprint density at radius 3 is 2.78 bits per heavy atom. The number of fused-ring (bicyclic) bond motifs is 1. The fourth-order valence-corrected chi connectivity index (χ4v) is 4.46. The Kier molecular flexibility index (Phi) is 7.00. The van der Waals surface area contributed by atoms with Crippen LogP contribution in [0.15, 0.2) is 57.9 Å². The van der Waals surface area contributed by atoms with E-state index in [-0.39, 0.29) is 6.42 Å². The summed E-state index contributed by atoms with van der Waals surface area (Å²) < 4.78 is 12.1. The standard InChI is InChI=1S/C26H27NO4S/c1-17-23(27-26(31-17)19-9-12-20(32-2)13-10-19)15-16-30-24-8-4-6-21-18(11-14-25(28)29)5-3-7-22(21)24/h4,6,8-13H,3,5,7,14-16H2,1-2H3,(H,28,29)/b18-11-. The Hall–Kier alpha value is -2.99. The predicted molar refractivity (Wildman–Crippen MR) is 127 cm³/mol. The van der Waals surface area contributed by atoms with Crippen LogP contribution in [0.3, 0.4) is 0 Å². The molecular weight excluding hydrogens is 422 g/mol. The Morgan fingerprint density at radius 2 is 2.03 bits per heavy atom. The van der Waals surface area contributed by atoms with Gasteiger partial charge in [0, 0.05) is 22.4 Å². The van der Waals surface area contributed by atoms with E-state index in [2.05, 4.69) is 29.4 Å². The zero-order valence-corrected chi connectivity index (χ0v) is 19.2. The lowest BCUT2D eigenvalue weighted by molar-refractivity contribution is -0.136. The second-order valence-electron chi connectivity index (χ2n) is 7.81. The lowest BCUT2D eigenvalue weighted by atomic mass is 9.86. The lowest BCUT2D eigenvalue weighted by Gasteiger charge is -2.22. The number of oxazole rings is 1. The van der Waals surface area contributed by atoms with Crippen molar-refractivity contribution in [3.8, 4) is 17.2 Å². The number of aliphatic carboxylic acids is 1. The van der Waals surface area contributed by atoms with Crippen molar-refractivity contribution in [2.75, 3.05) is 12.9 Å². The number of hydrogen-bond donors (Lipinski definition) is 1. The topological polar surface area (TPSA) is 72.6 Å². The van der Waals surface area contributed by atoms with Crippen LogP contribution in [0, 0.1) is 6.92 Å². The number of thioether (sulfide) groups is 1. The van der Waals surface area contributed by atoms with Crippen LogP contribution >= 0.6 is 11.8 Å². The minimum absolute atomic E-state index is 0.0492. The van der Waals surface area contributed by atoms with Crippen LogP contribution in [-0.4, -0.2) is 28.9 Å². The number of nitrogens with zero attached hydrogens (tertiary/aromatic N) is 1. The molecule has 0 fully saturated rings. The van der Waals surface area contributed by atoms with Crippen LogP contribution in [0.1, 0.15) is 41.8 Å². The molecule has 0 spiro atoms. The van der Waals surface area contributed by atoms with E-state index in [0.717, 1.165) is 53.2 Å². The summed E-state index contributed by atoms with van der Waals surface area (Å²) in [5, 5.41) is 9.01. The second kappa shape index (κ2) is 10.1. The van der Waals surface area contributed by atoms with Gasteiger partial charge in [-0.25, -0.2) is 4.98 Å². The van der Waals surface area contributed by atoms with Crippen LogP contribution in [0.4, 0.5) is 0 Å². The van der Waals surface area contributed by atoms with E-state index in [1.54, 1.807) is 11.8 Å². The monoisotopic (exact) mass is 449 g/mol. The van der Waals surface area contributed by atoms with E-state index >= 15 is 0 Å². The summed E-state index contributed by atoms with van der Waals surface area (Å²) in [7, 11) is 0. The molecule has 3 aromatic rings. The van der Waals surface area contributed by atoms with E-state index in [1.165, 1.54) is 10.5 Å². The first-order valence-electron chi connectivity index (χ1n) is 10.8. The Balaban J connectivity index is 1.44. The van der Waals surface area contributed by atoms with Crippen molar-refractivity contribution >= 4 is 23.3 Å². The Morgan fingerprint density at radius 1 is 1.22 bits per heavy atom. The fraction of sp³-hybridized carbons (Fsp3) is 0.308. The summed E-state index contributed by atoms with van der Waals surface area (Å²) in [6.45, 7) is 2.44. The second-order valence-corrected chi connectivity index (χ2v) is 8.69. The van der Waals surface area contributed by atoms with Crippen molar-refractivity contribution in [3.05, 3.63) is 71.1 Å². The number of benzene rings is 2. The smallest absolute Gasteiger partial charge is 0.307 e. The van der Waals surface area contributed by atoms with Gasteiger partial charge in [-0.3, -0.25) is 4.79 Å². The molecule has 1 N–H and O–H groups in total. The highest BCUT2D eigenvalue weighted by Crippen LogP contribution is 2.36. The van der Waals surface area contributed by atoms with E-state index in [1.807, 2.05) is 37.3 Å². The molecule has 4 rings (SSSR count). The van der Waals surface area contributed by atoms with E-state index < -0.39 is 5.97 Å². The molecule has 32 heavy (non-hydrogen) atoms. The molecule has 1 heterocycles. The van der Waals surface area contributed by atoms with Crippen LogP contribution in [0.2, 0.25) is 0 Å². The molecule has 0 amide bonds. The number of carbonyl (C=O) groups is 1. The number of carboxylic acid groups (broad SMARTS) is 1. The van der Waals surface area contributed by atoms with Crippen LogP contribution < -0.4 is 4.74 Å². The van der Waals surface area contributed by atoms with Gasteiger partial charge in [-0.1, -0.05) is 18.2 Å². The predicted octanol–water partition coefficient (Wildman–Crippen LogP) is 6.19. The molecular formula is C26H27NO4S.